The highest BCUT2D eigenvalue weighted by Crippen LogP contribution is 2.33. The van der Waals surface area contributed by atoms with E-state index in [-0.39, 0.29) is 33.9 Å². The first kappa shape index (κ1) is 35.1. The highest BCUT2D eigenvalue weighted by atomic mass is 32.2. The molecule has 0 fully saturated rings. The SMILES string of the molecule is CS(=O)(=O)[C@@H]1N=C(c2cccc(C3=N[C@@H](S(C)(=O)=O)[C@H](S(C)(=O)=O)N3C(=O)c3ccccc3)c2)N(C(=O)c2ccccc2)[C@H]1S(C)(=O)=O. The zero-order valence-corrected chi connectivity index (χ0v) is 29.2. The maximum atomic E-state index is 13.9. The Morgan fingerprint density at radius 1 is 0.500 bits per heavy atom. The van der Waals surface area contributed by atoms with E-state index < -0.39 is 72.7 Å². The van der Waals surface area contributed by atoms with E-state index in [4.69, 9.17) is 0 Å². The molecule has 0 aromatic heterocycles. The van der Waals surface area contributed by atoms with E-state index >= 15 is 0 Å². The lowest BCUT2D eigenvalue weighted by atomic mass is 10.1. The van der Waals surface area contributed by atoms with Crippen molar-refractivity contribution in [3.8, 4) is 0 Å². The molecule has 2 aliphatic heterocycles. The maximum Gasteiger partial charge on any atom is 0.260 e. The quantitative estimate of drug-likeness (QED) is 0.321. The number of carbonyl (C=O) groups is 2. The summed E-state index contributed by atoms with van der Waals surface area (Å²) in [6, 6.07) is 20.6. The van der Waals surface area contributed by atoms with Crippen LogP contribution in [0, 0.1) is 0 Å². The summed E-state index contributed by atoms with van der Waals surface area (Å²) in [5.74, 6) is -2.41. The first-order valence-electron chi connectivity index (χ1n) is 14.0. The molecule has 14 nitrogen and oxygen atoms in total. The highest BCUT2D eigenvalue weighted by molar-refractivity contribution is 7.95. The number of nitrogens with zero attached hydrogens (tertiary/aromatic N) is 4. The zero-order chi connectivity index (χ0) is 35.4. The van der Waals surface area contributed by atoms with Crippen LogP contribution in [0.1, 0.15) is 31.8 Å². The molecule has 18 heteroatoms. The van der Waals surface area contributed by atoms with Crippen LogP contribution in [0.2, 0.25) is 0 Å². The van der Waals surface area contributed by atoms with Gasteiger partial charge in [-0.25, -0.2) is 43.7 Å². The van der Waals surface area contributed by atoms with Crippen molar-refractivity contribution in [3.05, 3.63) is 107 Å². The van der Waals surface area contributed by atoms with Gasteiger partial charge in [0.25, 0.3) is 11.8 Å². The Hall–Kier alpha value is -4.26. The molecule has 0 bridgehead atoms. The average Bonchev–Trinajstić information content (AvgIpc) is 3.63. The van der Waals surface area contributed by atoms with E-state index in [1.165, 1.54) is 72.8 Å². The van der Waals surface area contributed by atoms with Crippen LogP contribution in [0.3, 0.4) is 0 Å². The van der Waals surface area contributed by atoms with Crippen molar-refractivity contribution < 1.29 is 43.3 Å². The van der Waals surface area contributed by atoms with Crippen molar-refractivity contribution in [2.45, 2.75) is 21.5 Å². The van der Waals surface area contributed by atoms with Gasteiger partial charge in [0.2, 0.25) is 0 Å². The summed E-state index contributed by atoms with van der Waals surface area (Å²) in [5, 5.41) is -7.68. The molecule has 0 N–H and O–H groups in total. The van der Waals surface area contributed by atoms with Crippen LogP contribution in [0.4, 0.5) is 0 Å². The predicted molar refractivity (Wildman–Crippen MR) is 179 cm³/mol. The number of benzene rings is 3. The minimum Gasteiger partial charge on any atom is -0.271 e. The largest absolute Gasteiger partial charge is 0.271 e. The Bertz CT molecular complexity index is 2150. The normalized spacial score (nSPS) is 21.9. The molecule has 0 saturated carbocycles. The number of amidine groups is 2. The van der Waals surface area contributed by atoms with E-state index in [0.717, 1.165) is 34.8 Å². The van der Waals surface area contributed by atoms with Gasteiger partial charge in [-0.3, -0.25) is 19.4 Å². The standard InChI is InChI=1S/C30H30N4O10S4/c1-45(37,38)25-29(47(3,41)42)33(27(35)19-12-7-5-8-13-19)23(31-25)21-16-11-17-22(18-21)24-32-26(46(2,39)40)30(48(4,43)44)34(24)28(36)20-14-9-6-10-15-20/h5-18,25-26,29-30H,1-4H3/t25-,26-,29-,30-/m0/s1. The monoisotopic (exact) mass is 734 g/mol. The van der Waals surface area contributed by atoms with Crippen molar-refractivity contribution in [2.75, 3.05) is 25.0 Å². The van der Waals surface area contributed by atoms with Crippen molar-refractivity contribution in [1.82, 2.24) is 9.80 Å². The Balaban J connectivity index is 1.73. The van der Waals surface area contributed by atoms with Crippen LogP contribution in [0.25, 0.3) is 0 Å². The van der Waals surface area contributed by atoms with Gasteiger partial charge in [0.1, 0.15) is 11.7 Å². The molecule has 48 heavy (non-hydrogen) atoms. The average molecular weight is 735 g/mol. The van der Waals surface area contributed by atoms with Gasteiger partial charge in [-0.05, 0) is 30.3 Å². The second kappa shape index (κ2) is 12.3. The molecule has 0 spiro atoms. The Morgan fingerprint density at radius 3 is 1.12 bits per heavy atom. The fourth-order valence-corrected chi connectivity index (χ4v) is 11.7. The summed E-state index contributed by atoms with van der Waals surface area (Å²) in [4.78, 5) is 37.8. The molecule has 5 rings (SSSR count). The molecule has 2 amide bonds. The van der Waals surface area contributed by atoms with Gasteiger partial charge in [-0.15, -0.1) is 0 Å². The van der Waals surface area contributed by atoms with Crippen molar-refractivity contribution >= 4 is 62.8 Å². The molecule has 3 aromatic rings. The fraction of sp³-hybridized carbons (Fsp3) is 0.267. The second-order valence-corrected chi connectivity index (χ2v) is 20.0. The summed E-state index contributed by atoms with van der Waals surface area (Å²) in [6.45, 7) is 0. The number of carbonyl (C=O) groups excluding carboxylic acids is 2. The molecular weight excluding hydrogens is 705 g/mol. The third kappa shape index (κ3) is 6.69. The summed E-state index contributed by atoms with van der Waals surface area (Å²) >= 11 is 0. The van der Waals surface area contributed by atoms with Gasteiger partial charge in [0.15, 0.2) is 60.8 Å². The van der Waals surface area contributed by atoms with Crippen molar-refractivity contribution in [3.63, 3.8) is 0 Å². The third-order valence-corrected chi connectivity index (χ3v) is 13.1. The number of amides is 2. The lowest BCUT2D eigenvalue weighted by Gasteiger charge is -2.28. The van der Waals surface area contributed by atoms with Crippen LogP contribution in [0.5, 0.6) is 0 Å². The lowest BCUT2D eigenvalue weighted by molar-refractivity contribution is 0.0835. The fourth-order valence-electron chi connectivity index (χ4n) is 5.50. The van der Waals surface area contributed by atoms with Gasteiger partial charge >= 0.3 is 0 Å². The van der Waals surface area contributed by atoms with Crippen LogP contribution in [-0.4, -0.2) is 113 Å². The van der Waals surface area contributed by atoms with Gasteiger partial charge < -0.3 is 0 Å². The van der Waals surface area contributed by atoms with Crippen LogP contribution >= 0.6 is 0 Å². The Morgan fingerprint density at radius 2 is 0.833 bits per heavy atom. The highest BCUT2D eigenvalue weighted by Gasteiger charge is 2.52. The summed E-state index contributed by atoms with van der Waals surface area (Å²) < 4.78 is 104. The molecule has 2 aliphatic rings. The molecule has 3 aromatic carbocycles. The Labute approximate surface area is 278 Å². The molecule has 4 atom stereocenters. The van der Waals surface area contributed by atoms with Crippen LogP contribution in [-0.2, 0) is 39.3 Å². The molecule has 0 saturated heterocycles. The smallest absolute Gasteiger partial charge is 0.260 e. The van der Waals surface area contributed by atoms with E-state index in [1.807, 2.05) is 0 Å². The third-order valence-electron chi connectivity index (χ3n) is 7.56. The predicted octanol–water partition coefficient (Wildman–Crippen LogP) is 0.975. The number of rotatable bonds is 8. The van der Waals surface area contributed by atoms with Crippen molar-refractivity contribution in [1.29, 1.82) is 0 Å². The van der Waals surface area contributed by atoms with E-state index in [0.29, 0.717) is 0 Å². The van der Waals surface area contributed by atoms with Crippen LogP contribution < -0.4 is 0 Å². The van der Waals surface area contributed by atoms with Gasteiger partial charge in [0.05, 0.1) is 0 Å². The molecule has 0 aliphatic carbocycles. The van der Waals surface area contributed by atoms with Gasteiger partial charge in [-0.1, -0.05) is 54.6 Å². The Kier molecular flexibility index (Phi) is 9.00. The van der Waals surface area contributed by atoms with Crippen molar-refractivity contribution in [2.24, 2.45) is 9.98 Å². The summed E-state index contributed by atoms with van der Waals surface area (Å²) in [6.07, 6.45) is 3.15. The first-order valence-corrected chi connectivity index (χ1v) is 21.8. The number of aliphatic imine (C=N–C) groups is 2. The van der Waals surface area contributed by atoms with E-state index in [9.17, 15) is 43.3 Å². The zero-order valence-electron chi connectivity index (χ0n) is 25.9. The summed E-state index contributed by atoms with van der Waals surface area (Å²) in [5.41, 5.74) is 0.0853. The maximum absolute atomic E-state index is 13.9. The van der Waals surface area contributed by atoms with Crippen LogP contribution in [0.15, 0.2) is 94.9 Å². The minimum absolute atomic E-state index is 0.00472. The molecular formula is C30H30N4O10S4. The van der Waals surface area contributed by atoms with E-state index in [2.05, 4.69) is 9.98 Å². The molecule has 0 radical (unpaired) electrons. The number of hydrogen-bond acceptors (Lipinski definition) is 12. The molecule has 0 unspecified atom stereocenters. The van der Waals surface area contributed by atoms with Gasteiger partial charge in [0, 0.05) is 47.3 Å². The topological polar surface area (TPSA) is 202 Å². The lowest BCUT2D eigenvalue weighted by Crippen LogP contribution is -2.50. The first-order chi connectivity index (χ1) is 22.2. The van der Waals surface area contributed by atoms with E-state index in [1.54, 1.807) is 12.1 Å². The van der Waals surface area contributed by atoms with Gasteiger partial charge in [-0.2, -0.15) is 0 Å². The number of sulfone groups is 4. The molecule has 254 valence electrons. The summed E-state index contributed by atoms with van der Waals surface area (Å²) in [7, 11) is -17.0. The second-order valence-electron chi connectivity index (χ2n) is 11.4. The molecule has 2 heterocycles. The number of hydrogen-bond donors (Lipinski definition) is 0. The minimum atomic E-state index is -4.30.